The largest absolute Gasteiger partial charge is 0.363 e. The number of hydrogen-bond donors (Lipinski definition) is 3. The number of anilines is 3. The Bertz CT molecular complexity index is 690. The Morgan fingerprint density at radius 1 is 1.39 bits per heavy atom. The van der Waals surface area contributed by atoms with E-state index in [-0.39, 0.29) is 23.9 Å². The molecule has 0 saturated carbocycles. The molecule has 0 fully saturated rings. The fraction of sp³-hybridized carbons (Fsp3) is 0.467. The number of rotatable bonds is 4. The van der Waals surface area contributed by atoms with Gasteiger partial charge in [-0.25, -0.2) is 9.97 Å². The molecule has 3 rings (SSSR count). The highest BCUT2D eigenvalue weighted by atomic mass is 16.2. The fourth-order valence-corrected chi connectivity index (χ4v) is 2.39. The second kappa shape index (κ2) is 5.86. The normalized spacial score (nSPS) is 15.3. The molecule has 2 aromatic rings. The van der Waals surface area contributed by atoms with Gasteiger partial charge < -0.3 is 16.0 Å². The van der Waals surface area contributed by atoms with E-state index in [0.29, 0.717) is 23.9 Å². The third kappa shape index (κ3) is 3.41. The molecule has 0 saturated heterocycles. The van der Waals surface area contributed by atoms with E-state index in [1.807, 2.05) is 16.9 Å². The molecule has 8 nitrogen and oxygen atoms in total. The standard InChI is InChI=1S/C15H21N7O/c1-15(2,3)10(8-22-6-4-5-19-22)20-14-12-13(17-9-18-14)16-7-11(23)21-12/h4-6,9-10H,7-8H2,1-3H3,(H,21,23)(H2,16,17,18,20)/t10-/m0/s1. The summed E-state index contributed by atoms with van der Waals surface area (Å²) < 4.78 is 1.88. The van der Waals surface area contributed by atoms with Gasteiger partial charge in [-0.2, -0.15) is 5.10 Å². The summed E-state index contributed by atoms with van der Waals surface area (Å²) in [5.41, 5.74) is 0.564. The van der Waals surface area contributed by atoms with Crippen molar-refractivity contribution in [2.45, 2.75) is 33.4 Å². The van der Waals surface area contributed by atoms with Gasteiger partial charge in [-0.05, 0) is 11.5 Å². The second-order valence-corrected chi connectivity index (χ2v) is 6.64. The highest BCUT2D eigenvalue weighted by Crippen LogP contribution is 2.32. The lowest BCUT2D eigenvalue weighted by atomic mass is 9.86. The molecule has 0 aromatic carbocycles. The first-order valence-corrected chi connectivity index (χ1v) is 7.56. The molecule has 8 heteroatoms. The van der Waals surface area contributed by atoms with Gasteiger partial charge in [0, 0.05) is 12.4 Å². The second-order valence-electron chi connectivity index (χ2n) is 6.64. The van der Waals surface area contributed by atoms with Crippen molar-refractivity contribution in [3.63, 3.8) is 0 Å². The number of hydrogen-bond acceptors (Lipinski definition) is 6. The van der Waals surface area contributed by atoms with Crippen molar-refractivity contribution >= 4 is 23.2 Å². The zero-order valence-corrected chi connectivity index (χ0v) is 13.5. The molecule has 1 aliphatic heterocycles. The summed E-state index contributed by atoms with van der Waals surface area (Å²) in [5.74, 6) is 1.14. The molecule has 0 unspecified atom stereocenters. The van der Waals surface area contributed by atoms with Gasteiger partial charge >= 0.3 is 0 Å². The van der Waals surface area contributed by atoms with Gasteiger partial charge in [-0.15, -0.1) is 0 Å². The van der Waals surface area contributed by atoms with Crippen LogP contribution in [-0.4, -0.2) is 38.2 Å². The van der Waals surface area contributed by atoms with Crippen LogP contribution in [0.2, 0.25) is 0 Å². The first-order valence-electron chi connectivity index (χ1n) is 7.56. The molecule has 3 N–H and O–H groups in total. The molecule has 0 aliphatic carbocycles. The van der Waals surface area contributed by atoms with Crippen LogP contribution >= 0.6 is 0 Å². The number of amides is 1. The summed E-state index contributed by atoms with van der Waals surface area (Å²) >= 11 is 0. The summed E-state index contributed by atoms with van der Waals surface area (Å²) in [7, 11) is 0. The Morgan fingerprint density at radius 3 is 2.91 bits per heavy atom. The minimum atomic E-state index is -0.102. The summed E-state index contributed by atoms with van der Waals surface area (Å²) in [6, 6.07) is 1.97. The van der Waals surface area contributed by atoms with Gasteiger partial charge in [0.25, 0.3) is 0 Å². The molecule has 1 aliphatic rings. The number of aromatic nitrogens is 4. The average molecular weight is 315 g/mol. The van der Waals surface area contributed by atoms with Gasteiger partial charge in [0.15, 0.2) is 11.6 Å². The molecule has 122 valence electrons. The van der Waals surface area contributed by atoms with E-state index in [1.54, 1.807) is 6.20 Å². The maximum Gasteiger partial charge on any atom is 0.243 e. The van der Waals surface area contributed by atoms with Crippen LogP contribution in [0.25, 0.3) is 0 Å². The third-order valence-corrected chi connectivity index (χ3v) is 3.81. The number of fused-ring (bicyclic) bond motifs is 1. The highest BCUT2D eigenvalue weighted by Gasteiger charge is 2.28. The lowest BCUT2D eigenvalue weighted by Crippen LogP contribution is -2.39. The lowest BCUT2D eigenvalue weighted by Gasteiger charge is -2.33. The van der Waals surface area contributed by atoms with E-state index in [2.05, 4.69) is 51.8 Å². The zero-order valence-electron chi connectivity index (χ0n) is 13.5. The highest BCUT2D eigenvalue weighted by molar-refractivity contribution is 6.02. The molecular weight excluding hydrogens is 294 g/mol. The van der Waals surface area contributed by atoms with Crippen molar-refractivity contribution in [3.8, 4) is 0 Å². The SMILES string of the molecule is CC(C)(C)[C@H](Cn1cccn1)Nc1ncnc2c1NC(=O)CN2. The van der Waals surface area contributed by atoms with Crippen LogP contribution in [0.5, 0.6) is 0 Å². The van der Waals surface area contributed by atoms with Crippen molar-refractivity contribution in [2.24, 2.45) is 5.41 Å². The minimum absolute atomic E-state index is 0.0319. The van der Waals surface area contributed by atoms with E-state index in [4.69, 9.17) is 0 Å². The van der Waals surface area contributed by atoms with Crippen LogP contribution in [0.4, 0.5) is 17.3 Å². The summed E-state index contributed by atoms with van der Waals surface area (Å²) in [6.45, 7) is 7.37. The summed E-state index contributed by atoms with van der Waals surface area (Å²) in [4.78, 5) is 20.1. The molecule has 23 heavy (non-hydrogen) atoms. The molecule has 0 radical (unpaired) electrons. The fourth-order valence-electron chi connectivity index (χ4n) is 2.39. The van der Waals surface area contributed by atoms with E-state index in [9.17, 15) is 4.79 Å². The van der Waals surface area contributed by atoms with Crippen molar-refractivity contribution < 1.29 is 4.79 Å². The van der Waals surface area contributed by atoms with Crippen molar-refractivity contribution in [3.05, 3.63) is 24.8 Å². The predicted molar refractivity (Wildman–Crippen MR) is 88.2 cm³/mol. The summed E-state index contributed by atoms with van der Waals surface area (Å²) in [6.07, 6.45) is 5.18. The van der Waals surface area contributed by atoms with E-state index < -0.39 is 0 Å². The monoisotopic (exact) mass is 315 g/mol. The minimum Gasteiger partial charge on any atom is -0.363 e. The Hall–Kier alpha value is -2.64. The zero-order chi connectivity index (χ0) is 16.4. The van der Waals surface area contributed by atoms with Crippen LogP contribution in [-0.2, 0) is 11.3 Å². The number of carbonyl (C=O) groups excluding carboxylic acids is 1. The molecule has 3 heterocycles. The molecule has 0 spiro atoms. The van der Waals surface area contributed by atoms with Gasteiger partial charge in [0.1, 0.15) is 12.0 Å². The number of nitrogens with zero attached hydrogens (tertiary/aromatic N) is 4. The Balaban J connectivity index is 1.87. The Kier molecular flexibility index (Phi) is 3.89. The Morgan fingerprint density at radius 2 is 2.22 bits per heavy atom. The lowest BCUT2D eigenvalue weighted by molar-refractivity contribution is -0.114. The first-order chi connectivity index (χ1) is 10.9. The van der Waals surface area contributed by atoms with Gasteiger partial charge in [0.2, 0.25) is 5.91 Å². The predicted octanol–water partition coefficient (Wildman–Crippen LogP) is 1.56. The van der Waals surface area contributed by atoms with Crippen molar-refractivity contribution in [1.29, 1.82) is 0 Å². The van der Waals surface area contributed by atoms with Crippen LogP contribution in [0.15, 0.2) is 24.8 Å². The smallest absolute Gasteiger partial charge is 0.243 e. The van der Waals surface area contributed by atoms with Gasteiger partial charge in [0.05, 0.1) is 19.1 Å². The van der Waals surface area contributed by atoms with Crippen molar-refractivity contribution in [1.82, 2.24) is 19.7 Å². The Labute approximate surface area is 134 Å². The molecule has 1 atom stereocenters. The number of carbonyl (C=O) groups is 1. The van der Waals surface area contributed by atoms with Gasteiger partial charge in [-0.1, -0.05) is 20.8 Å². The quantitative estimate of drug-likeness (QED) is 0.792. The van der Waals surface area contributed by atoms with Crippen LogP contribution in [0.1, 0.15) is 20.8 Å². The van der Waals surface area contributed by atoms with Crippen LogP contribution in [0.3, 0.4) is 0 Å². The topological polar surface area (TPSA) is 96.8 Å². The third-order valence-electron chi connectivity index (χ3n) is 3.81. The van der Waals surface area contributed by atoms with Crippen molar-refractivity contribution in [2.75, 3.05) is 22.5 Å². The van der Waals surface area contributed by atoms with Crippen LogP contribution < -0.4 is 16.0 Å². The molecular formula is C15H21N7O. The molecule has 2 aromatic heterocycles. The maximum atomic E-state index is 11.6. The molecule has 1 amide bonds. The average Bonchev–Trinajstić information content (AvgIpc) is 2.99. The van der Waals surface area contributed by atoms with Crippen LogP contribution in [0, 0.1) is 5.41 Å². The van der Waals surface area contributed by atoms with E-state index in [1.165, 1.54) is 6.33 Å². The van der Waals surface area contributed by atoms with E-state index in [0.717, 1.165) is 0 Å². The maximum absolute atomic E-state index is 11.6. The van der Waals surface area contributed by atoms with E-state index >= 15 is 0 Å². The number of nitrogens with one attached hydrogen (secondary N) is 3. The molecule has 0 bridgehead atoms. The summed E-state index contributed by atoms with van der Waals surface area (Å²) in [5, 5.41) is 13.5. The first kappa shape index (κ1) is 15.3. The van der Waals surface area contributed by atoms with Gasteiger partial charge in [-0.3, -0.25) is 9.48 Å².